The molecule has 1 heterocycles. The molecule has 164 valence electrons. The van der Waals surface area contributed by atoms with Crippen molar-refractivity contribution in [2.24, 2.45) is 5.92 Å². The molecule has 9 heteroatoms. The maximum absolute atomic E-state index is 13.6. The van der Waals surface area contributed by atoms with Crippen molar-refractivity contribution >= 4 is 29.7 Å². The van der Waals surface area contributed by atoms with Crippen molar-refractivity contribution in [1.29, 1.82) is 0 Å². The maximum atomic E-state index is 13.6. The van der Waals surface area contributed by atoms with E-state index < -0.39 is 35.4 Å². The Labute approximate surface area is 180 Å². The quantitative estimate of drug-likeness (QED) is 0.491. The zero-order valence-electron chi connectivity index (χ0n) is 16.2. The van der Waals surface area contributed by atoms with Crippen LogP contribution in [0.1, 0.15) is 24.0 Å². The number of hydrogen-bond acceptors (Lipinski definition) is 3. The van der Waals surface area contributed by atoms with Gasteiger partial charge in [0.05, 0.1) is 11.5 Å². The lowest BCUT2D eigenvalue weighted by Gasteiger charge is -2.29. The van der Waals surface area contributed by atoms with E-state index in [1.807, 2.05) is 0 Å². The minimum absolute atomic E-state index is 0.148. The van der Waals surface area contributed by atoms with Crippen molar-refractivity contribution in [1.82, 2.24) is 4.90 Å². The van der Waals surface area contributed by atoms with E-state index >= 15 is 0 Å². The fraction of sp³-hybridized carbons (Fsp3) is 0.273. The van der Waals surface area contributed by atoms with Crippen LogP contribution < -0.4 is 0 Å². The van der Waals surface area contributed by atoms with Crippen LogP contribution in [0, 0.1) is 11.7 Å². The number of carbonyl (C=O) groups excluding carboxylic acids is 1. The Morgan fingerprint density at radius 3 is 2.23 bits per heavy atom. The van der Waals surface area contributed by atoms with Crippen LogP contribution in [-0.4, -0.2) is 35.0 Å². The van der Waals surface area contributed by atoms with E-state index in [1.165, 1.54) is 41.3 Å². The number of likely N-dealkylation sites (tertiary alicyclic amines) is 1. The van der Waals surface area contributed by atoms with Gasteiger partial charge in [0.25, 0.3) is 0 Å². The van der Waals surface area contributed by atoms with Gasteiger partial charge in [-0.15, -0.1) is 0 Å². The number of carboxylic acid groups (broad SMARTS) is 1. The highest BCUT2D eigenvalue weighted by atomic mass is 32.2. The standard InChI is InChI=1S/C22H19F4NO3S/c23-16-3-6-17(7-4-16)31-18-5-1-14(19(13-18)22(24,25)26)2-8-20(28)27-11-9-15(10-12-27)21(29)30/h1-8,13,15H,9-12H2,(H,29,30)/b8-2+. The smallest absolute Gasteiger partial charge is 0.417 e. The monoisotopic (exact) mass is 453 g/mol. The molecule has 1 N–H and O–H groups in total. The number of carbonyl (C=O) groups is 2. The van der Waals surface area contributed by atoms with Gasteiger partial charge < -0.3 is 10.0 Å². The summed E-state index contributed by atoms with van der Waals surface area (Å²) >= 11 is 1.07. The molecule has 31 heavy (non-hydrogen) atoms. The van der Waals surface area contributed by atoms with E-state index in [1.54, 1.807) is 0 Å². The second kappa shape index (κ2) is 9.55. The van der Waals surface area contributed by atoms with E-state index in [2.05, 4.69) is 0 Å². The van der Waals surface area contributed by atoms with E-state index in [0.717, 1.165) is 30.0 Å². The number of benzene rings is 2. The first-order chi connectivity index (χ1) is 14.6. The van der Waals surface area contributed by atoms with Crippen LogP contribution in [0.5, 0.6) is 0 Å². The van der Waals surface area contributed by atoms with Crippen molar-refractivity contribution in [3.63, 3.8) is 0 Å². The third-order valence-corrected chi connectivity index (χ3v) is 5.94. The third kappa shape index (κ3) is 6.10. The molecule has 1 saturated heterocycles. The molecule has 1 aliphatic heterocycles. The summed E-state index contributed by atoms with van der Waals surface area (Å²) in [6.45, 7) is 0.499. The van der Waals surface area contributed by atoms with Crippen LogP contribution >= 0.6 is 11.8 Å². The van der Waals surface area contributed by atoms with Crippen LogP contribution in [0.25, 0.3) is 6.08 Å². The summed E-state index contributed by atoms with van der Waals surface area (Å²) < 4.78 is 53.7. The molecule has 3 rings (SSSR count). The first-order valence-electron chi connectivity index (χ1n) is 9.48. The van der Waals surface area contributed by atoms with Crippen LogP contribution in [0.15, 0.2) is 58.3 Å². The molecule has 0 spiro atoms. The van der Waals surface area contributed by atoms with Crippen LogP contribution in [0.2, 0.25) is 0 Å². The molecule has 0 aromatic heterocycles. The number of carboxylic acids is 1. The topological polar surface area (TPSA) is 57.6 Å². The second-order valence-electron chi connectivity index (χ2n) is 7.07. The van der Waals surface area contributed by atoms with Crippen LogP contribution in [-0.2, 0) is 15.8 Å². The van der Waals surface area contributed by atoms with Crippen molar-refractivity contribution in [2.45, 2.75) is 28.8 Å². The normalized spacial score (nSPS) is 15.4. The van der Waals surface area contributed by atoms with Gasteiger partial charge in [-0.3, -0.25) is 9.59 Å². The number of halogens is 4. The average Bonchev–Trinajstić information content (AvgIpc) is 2.73. The zero-order valence-corrected chi connectivity index (χ0v) is 17.0. The fourth-order valence-electron chi connectivity index (χ4n) is 3.24. The van der Waals surface area contributed by atoms with Crippen LogP contribution in [0.4, 0.5) is 17.6 Å². The lowest BCUT2D eigenvalue weighted by Crippen LogP contribution is -2.39. The molecule has 4 nitrogen and oxygen atoms in total. The predicted octanol–water partition coefficient (Wildman–Crippen LogP) is 5.33. The number of hydrogen-bond donors (Lipinski definition) is 1. The van der Waals surface area contributed by atoms with Gasteiger partial charge in [-0.05, 0) is 60.9 Å². The molecule has 0 unspecified atom stereocenters. The summed E-state index contributed by atoms with van der Waals surface area (Å²) in [6, 6.07) is 9.21. The highest BCUT2D eigenvalue weighted by Gasteiger charge is 2.33. The summed E-state index contributed by atoms with van der Waals surface area (Å²) in [4.78, 5) is 25.7. The van der Waals surface area contributed by atoms with Gasteiger partial charge >= 0.3 is 12.1 Å². The Morgan fingerprint density at radius 2 is 1.65 bits per heavy atom. The van der Waals surface area contributed by atoms with Gasteiger partial charge in [0.2, 0.25) is 5.91 Å². The van der Waals surface area contributed by atoms with E-state index in [-0.39, 0.29) is 18.7 Å². The summed E-state index contributed by atoms with van der Waals surface area (Å²) in [6.07, 6.45) is -1.78. The zero-order chi connectivity index (χ0) is 22.6. The van der Waals surface area contributed by atoms with Gasteiger partial charge in [-0.1, -0.05) is 17.8 Å². The number of amides is 1. The Kier molecular flexibility index (Phi) is 7.04. The van der Waals surface area contributed by atoms with Gasteiger partial charge in [0.15, 0.2) is 0 Å². The first kappa shape index (κ1) is 22.9. The fourth-order valence-corrected chi connectivity index (χ4v) is 4.10. The summed E-state index contributed by atoms with van der Waals surface area (Å²) in [5, 5.41) is 9.01. The number of aliphatic carboxylic acids is 1. The largest absolute Gasteiger partial charge is 0.481 e. The van der Waals surface area contributed by atoms with E-state index in [4.69, 9.17) is 5.11 Å². The Morgan fingerprint density at radius 1 is 1.03 bits per heavy atom. The number of piperidine rings is 1. The Bertz CT molecular complexity index is 981. The molecule has 2 aromatic rings. The van der Waals surface area contributed by atoms with Gasteiger partial charge in [-0.2, -0.15) is 13.2 Å². The highest BCUT2D eigenvalue weighted by molar-refractivity contribution is 7.99. The average molecular weight is 453 g/mol. The van der Waals surface area contributed by atoms with Crippen molar-refractivity contribution in [2.75, 3.05) is 13.1 Å². The third-order valence-electron chi connectivity index (χ3n) is 4.94. The molecule has 1 amide bonds. The molecule has 0 bridgehead atoms. The minimum Gasteiger partial charge on any atom is -0.481 e. The van der Waals surface area contributed by atoms with E-state index in [0.29, 0.717) is 22.6 Å². The van der Waals surface area contributed by atoms with Gasteiger partial charge in [0.1, 0.15) is 5.82 Å². The number of rotatable bonds is 5. The summed E-state index contributed by atoms with van der Waals surface area (Å²) in [5.74, 6) is -2.30. The molecule has 2 aromatic carbocycles. The van der Waals surface area contributed by atoms with Crippen molar-refractivity contribution < 1.29 is 32.3 Å². The van der Waals surface area contributed by atoms with Crippen molar-refractivity contribution in [3.8, 4) is 0 Å². The lowest BCUT2D eigenvalue weighted by atomic mass is 9.97. The molecular formula is C22H19F4NO3S. The molecule has 1 fully saturated rings. The molecular weight excluding hydrogens is 434 g/mol. The maximum Gasteiger partial charge on any atom is 0.417 e. The lowest BCUT2D eigenvalue weighted by molar-refractivity contribution is -0.144. The summed E-state index contributed by atoms with van der Waals surface area (Å²) in [7, 11) is 0. The summed E-state index contributed by atoms with van der Waals surface area (Å²) in [5.41, 5.74) is -1.03. The molecule has 0 atom stereocenters. The SMILES string of the molecule is O=C(O)C1CCN(C(=O)/C=C/c2ccc(Sc3ccc(F)cc3)cc2C(F)(F)F)CC1. The van der Waals surface area contributed by atoms with E-state index in [9.17, 15) is 27.2 Å². The van der Waals surface area contributed by atoms with Crippen LogP contribution in [0.3, 0.4) is 0 Å². The first-order valence-corrected chi connectivity index (χ1v) is 10.3. The van der Waals surface area contributed by atoms with Crippen molar-refractivity contribution in [3.05, 3.63) is 65.5 Å². The minimum atomic E-state index is -4.62. The second-order valence-corrected chi connectivity index (χ2v) is 8.22. The number of alkyl halides is 3. The van der Waals surface area contributed by atoms with Gasteiger partial charge in [0, 0.05) is 29.0 Å². The number of nitrogens with zero attached hydrogens (tertiary/aromatic N) is 1. The van der Waals surface area contributed by atoms with Gasteiger partial charge in [-0.25, -0.2) is 4.39 Å². The Balaban J connectivity index is 1.75. The molecule has 0 aliphatic carbocycles. The molecule has 1 aliphatic rings. The highest BCUT2D eigenvalue weighted by Crippen LogP contribution is 2.37. The predicted molar refractivity (Wildman–Crippen MR) is 108 cm³/mol. The Hall–Kier alpha value is -2.81. The molecule has 0 saturated carbocycles. The molecule has 0 radical (unpaired) electrons.